The van der Waals surface area contributed by atoms with E-state index in [1.54, 1.807) is 20.8 Å². The van der Waals surface area contributed by atoms with E-state index in [0.717, 1.165) is 5.56 Å². The number of aliphatic carboxylic acids is 1. The molecule has 0 radical (unpaired) electrons. The number of ether oxygens (including phenoxy) is 2. The molecule has 0 heterocycles. The number of amides is 1. The monoisotopic (exact) mass is 399 g/mol. The van der Waals surface area contributed by atoms with Crippen molar-refractivity contribution in [3.63, 3.8) is 0 Å². The number of carbonyl (C=O) groups excluding carboxylic acids is 2. The molecular weight excluding hydrogens is 374 g/mol. The number of carboxylic acid groups (broad SMARTS) is 1. The van der Waals surface area contributed by atoms with Crippen LogP contribution in [0.5, 0.6) is 5.75 Å². The summed E-state index contributed by atoms with van der Waals surface area (Å²) in [6.07, 6.45) is -0.371. The fourth-order valence-electron chi connectivity index (χ4n) is 2.57. The van der Waals surface area contributed by atoms with Crippen LogP contribution in [0.15, 0.2) is 54.6 Å². The molecular formula is C22H25NO6. The predicted octanol–water partition coefficient (Wildman–Crippen LogP) is 3.47. The minimum absolute atomic E-state index is 0.288. The Kier molecular flexibility index (Phi) is 7.36. The zero-order chi connectivity index (χ0) is 21.4. The topological polar surface area (TPSA) is 102 Å². The number of nitrogens with one attached hydrogen (secondary N) is 1. The first-order valence-electron chi connectivity index (χ1n) is 9.16. The van der Waals surface area contributed by atoms with Crippen molar-refractivity contribution in [3.8, 4) is 5.75 Å². The smallest absolute Gasteiger partial charge is 0.408 e. The van der Waals surface area contributed by atoms with E-state index in [1.807, 2.05) is 30.3 Å². The van der Waals surface area contributed by atoms with Crippen LogP contribution in [0.2, 0.25) is 0 Å². The fourth-order valence-corrected chi connectivity index (χ4v) is 2.57. The number of carboxylic acids is 1. The molecule has 0 unspecified atom stereocenters. The number of hydrogen-bond acceptors (Lipinski definition) is 5. The molecule has 1 atom stereocenters. The zero-order valence-electron chi connectivity index (χ0n) is 16.7. The van der Waals surface area contributed by atoms with E-state index in [2.05, 4.69) is 5.32 Å². The van der Waals surface area contributed by atoms with Gasteiger partial charge in [-0.1, -0.05) is 30.3 Å². The van der Waals surface area contributed by atoms with E-state index >= 15 is 0 Å². The van der Waals surface area contributed by atoms with Crippen molar-refractivity contribution in [2.45, 2.75) is 38.8 Å². The molecule has 0 spiro atoms. The third kappa shape index (κ3) is 7.65. The van der Waals surface area contributed by atoms with Gasteiger partial charge in [0, 0.05) is 12.0 Å². The molecule has 0 aromatic heterocycles. The molecule has 1 amide bonds. The molecule has 2 rings (SSSR count). The van der Waals surface area contributed by atoms with Crippen molar-refractivity contribution in [1.29, 1.82) is 0 Å². The molecule has 29 heavy (non-hydrogen) atoms. The van der Waals surface area contributed by atoms with Gasteiger partial charge >= 0.3 is 12.1 Å². The Labute approximate surface area is 169 Å². The molecule has 7 nitrogen and oxygen atoms in total. The lowest BCUT2D eigenvalue weighted by atomic mass is 9.97. The van der Waals surface area contributed by atoms with Crippen LogP contribution in [0.1, 0.15) is 36.7 Å². The van der Waals surface area contributed by atoms with Gasteiger partial charge in [0.2, 0.25) is 0 Å². The van der Waals surface area contributed by atoms with E-state index in [9.17, 15) is 14.4 Å². The second-order valence-corrected chi connectivity index (χ2v) is 7.46. The number of ketones is 1. The Morgan fingerprint density at radius 1 is 1.00 bits per heavy atom. The maximum Gasteiger partial charge on any atom is 0.408 e. The van der Waals surface area contributed by atoms with E-state index in [0.29, 0.717) is 17.7 Å². The van der Waals surface area contributed by atoms with Gasteiger partial charge in [0.05, 0.1) is 6.04 Å². The number of hydrogen-bond donors (Lipinski definition) is 2. The van der Waals surface area contributed by atoms with Gasteiger partial charge in [-0.25, -0.2) is 9.59 Å². The average Bonchev–Trinajstić information content (AvgIpc) is 2.65. The molecule has 0 aliphatic carbocycles. The molecule has 154 valence electrons. The Hall–Kier alpha value is -3.35. The summed E-state index contributed by atoms with van der Waals surface area (Å²) >= 11 is 0. The zero-order valence-corrected chi connectivity index (χ0v) is 16.7. The van der Waals surface area contributed by atoms with Crippen molar-refractivity contribution in [3.05, 3.63) is 65.7 Å². The highest BCUT2D eigenvalue weighted by molar-refractivity contribution is 6.01. The van der Waals surface area contributed by atoms with E-state index in [1.165, 1.54) is 24.3 Å². The molecule has 2 aromatic rings. The lowest BCUT2D eigenvalue weighted by molar-refractivity contribution is -0.139. The lowest BCUT2D eigenvalue weighted by Gasteiger charge is -2.23. The normalized spacial score (nSPS) is 12.0. The van der Waals surface area contributed by atoms with Crippen LogP contribution in [0.25, 0.3) is 0 Å². The molecule has 0 aliphatic heterocycles. The summed E-state index contributed by atoms with van der Waals surface area (Å²) in [6.45, 7) is 4.77. The van der Waals surface area contributed by atoms with Crippen LogP contribution in [0.3, 0.4) is 0 Å². The van der Waals surface area contributed by atoms with Gasteiger partial charge in [-0.05, 0) is 50.6 Å². The van der Waals surface area contributed by atoms with E-state index < -0.39 is 30.3 Å². The molecule has 2 N–H and O–H groups in total. The molecule has 0 bridgehead atoms. The number of rotatable bonds is 8. The molecule has 2 aromatic carbocycles. The number of Topliss-reactive ketones (excluding diaryl/α,β-unsaturated/α-hetero) is 1. The van der Waals surface area contributed by atoms with Crippen molar-refractivity contribution < 1.29 is 29.0 Å². The van der Waals surface area contributed by atoms with Gasteiger partial charge in [0.25, 0.3) is 0 Å². The summed E-state index contributed by atoms with van der Waals surface area (Å²) in [7, 11) is 0. The number of benzene rings is 2. The largest absolute Gasteiger partial charge is 0.482 e. The van der Waals surface area contributed by atoms with Crippen molar-refractivity contribution >= 4 is 17.8 Å². The van der Waals surface area contributed by atoms with E-state index in [4.69, 9.17) is 14.6 Å². The van der Waals surface area contributed by atoms with Gasteiger partial charge in [0.15, 0.2) is 12.4 Å². The highest BCUT2D eigenvalue weighted by Gasteiger charge is 2.25. The first kappa shape index (κ1) is 21.9. The Balaban J connectivity index is 2.16. The molecule has 0 saturated carbocycles. The van der Waals surface area contributed by atoms with E-state index in [-0.39, 0.29) is 5.78 Å². The summed E-state index contributed by atoms with van der Waals surface area (Å²) < 4.78 is 10.4. The second kappa shape index (κ2) is 9.73. The van der Waals surface area contributed by atoms with Gasteiger partial charge in [0.1, 0.15) is 11.4 Å². The van der Waals surface area contributed by atoms with Crippen LogP contribution in [-0.4, -0.2) is 41.2 Å². The summed E-state index contributed by atoms with van der Waals surface area (Å²) in [5.41, 5.74) is 0.570. The predicted molar refractivity (Wildman–Crippen MR) is 107 cm³/mol. The molecule has 0 aliphatic rings. The van der Waals surface area contributed by atoms with Crippen molar-refractivity contribution in [2.24, 2.45) is 0 Å². The lowest BCUT2D eigenvalue weighted by Crippen LogP contribution is -2.44. The Morgan fingerprint density at radius 3 is 2.17 bits per heavy atom. The van der Waals surface area contributed by atoms with Gasteiger partial charge in [-0.2, -0.15) is 0 Å². The van der Waals surface area contributed by atoms with Gasteiger partial charge in [-0.15, -0.1) is 0 Å². The Morgan fingerprint density at radius 2 is 1.62 bits per heavy atom. The van der Waals surface area contributed by atoms with Gasteiger partial charge in [-0.3, -0.25) is 4.79 Å². The second-order valence-electron chi connectivity index (χ2n) is 7.46. The highest BCUT2D eigenvalue weighted by Crippen LogP contribution is 2.16. The summed E-state index contributed by atoms with van der Waals surface area (Å²) in [6, 6.07) is 14.6. The summed E-state index contributed by atoms with van der Waals surface area (Å²) in [5, 5.41) is 11.3. The van der Waals surface area contributed by atoms with Crippen molar-refractivity contribution in [2.75, 3.05) is 6.61 Å². The third-order valence-corrected chi connectivity index (χ3v) is 3.79. The summed E-state index contributed by atoms with van der Waals surface area (Å²) in [5.74, 6) is -1.04. The standard InChI is InChI=1S/C22H25NO6/c1-22(2,3)29-21(27)23-18(13-15-7-5-4-6-8-15)20(26)16-9-11-17(12-10-16)28-14-19(24)25/h4-12,18H,13-14H2,1-3H3,(H,23,27)(H,24,25)/t18-/m0/s1. The van der Waals surface area contributed by atoms with Crippen LogP contribution in [-0.2, 0) is 16.0 Å². The SMILES string of the molecule is CC(C)(C)OC(=O)N[C@@H](Cc1ccccc1)C(=O)c1ccc(OCC(=O)O)cc1. The van der Waals surface area contributed by atoms with Crippen LogP contribution >= 0.6 is 0 Å². The summed E-state index contributed by atoms with van der Waals surface area (Å²) in [4.78, 5) is 35.8. The number of alkyl carbamates (subject to hydrolysis) is 1. The maximum atomic E-state index is 13.0. The minimum atomic E-state index is -1.09. The van der Waals surface area contributed by atoms with Gasteiger partial charge < -0.3 is 19.9 Å². The highest BCUT2D eigenvalue weighted by atomic mass is 16.6. The quantitative estimate of drug-likeness (QED) is 0.659. The first-order valence-corrected chi connectivity index (χ1v) is 9.16. The minimum Gasteiger partial charge on any atom is -0.482 e. The Bertz CT molecular complexity index is 840. The molecule has 0 fully saturated rings. The molecule has 0 saturated heterocycles. The first-order chi connectivity index (χ1) is 13.6. The fraction of sp³-hybridized carbons (Fsp3) is 0.318. The number of carbonyl (C=O) groups is 3. The third-order valence-electron chi connectivity index (χ3n) is 3.79. The van der Waals surface area contributed by atoms with Crippen LogP contribution in [0.4, 0.5) is 4.79 Å². The van der Waals surface area contributed by atoms with Crippen molar-refractivity contribution in [1.82, 2.24) is 5.32 Å². The van der Waals surface area contributed by atoms with Crippen LogP contribution in [0, 0.1) is 0 Å². The maximum absolute atomic E-state index is 13.0. The average molecular weight is 399 g/mol. The van der Waals surface area contributed by atoms with Crippen LogP contribution < -0.4 is 10.1 Å². The molecule has 7 heteroatoms.